The first-order valence-corrected chi connectivity index (χ1v) is 9.89. The molecule has 0 aliphatic carbocycles. The van der Waals surface area contributed by atoms with Crippen LogP contribution < -0.4 is 4.74 Å². The molecule has 0 amide bonds. The maximum atomic E-state index is 12.3. The third kappa shape index (κ3) is 5.05. The van der Waals surface area contributed by atoms with Crippen molar-refractivity contribution in [2.45, 2.75) is 26.2 Å². The highest BCUT2D eigenvalue weighted by Gasteiger charge is 2.15. The van der Waals surface area contributed by atoms with Gasteiger partial charge in [-0.2, -0.15) is 0 Å². The number of benzene rings is 2. The quantitative estimate of drug-likeness (QED) is 0.227. The van der Waals surface area contributed by atoms with Crippen LogP contribution in [0.3, 0.4) is 0 Å². The van der Waals surface area contributed by atoms with Gasteiger partial charge in [0.25, 0.3) is 0 Å². The summed E-state index contributed by atoms with van der Waals surface area (Å²) in [5.41, 5.74) is 2.22. The molecule has 0 unspecified atom stereocenters. The van der Waals surface area contributed by atoms with Crippen molar-refractivity contribution in [3.05, 3.63) is 93.7 Å². The number of carbonyl (C=O) groups excluding carboxylic acids is 2. The van der Waals surface area contributed by atoms with Crippen molar-refractivity contribution in [2.75, 3.05) is 0 Å². The lowest BCUT2D eigenvalue weighted by Gasteiger charge is -2.18. The summed E-state index contributed by atoms with van der Waals surface area (Å²) < 4.78 is 5.41. The Morgan fingerprint density at radius 1 is 0.893 bits per heavy atom. The zero-order valence-electron chi connectivity index (χ0n) is 16.1. The molecule has 0 radical (unpaired) electrons. The van der Waals surface area contributed by atoms with Gasteiger partial charge < -0.3 is 4.74 Å². The Bertz CT molecular complexity index is 974. The van der Waals surface area contributed by atoms with E-state index in [0.717, 1.165) is 10.4 Å². The van der Waals surface area contributed by atoms with Crippen LogP contribution in [-0.4, -0.2) is 11.8 Å². The molecule has 0 atom stereocenters. The molecule has 1 aromatic heterocycles. The molecule has 0 bridgehead atoms. The van der Waals surface area contributed by atoms with Crippen molar-refractivity contribution in [1.82, 2.24) is 0 Å². The number of ether oxygens (including phenoxy) is 1. The first kappa shape index (κ1) is 19.8. The van der Waals surface area contributed by atoms with Crippen molar-refractivity contribution < 1.29 is 14.3 Å². The molecule has 28 heavy (non-hydrogen) atoms. The highest BCUT2D eigenvalue weighted by molar-refractivity contribution is 7.10. The summed E-state index contributed by atoms with van der Waals surface area (Å²) in [4.78, 5) is 25.6. The van der Waals surface area contributed by atoms with Gasteiger partial charge in [0.15, 0.2) is 5.78 Å². The van der Waals surface area contributed by atoms with Crippen LogP contribution in [-0.2, 0) is 5.41 Å². The van der Waals surface area contributed by atoms with Crippen molar-refractivity contribution in [2.24, 2.45) is 0 Å². The lowest BCUT2D eigenvalue weighted by atomic mass is 9.87. The van der Waals surface area contributed by atoms with Crippen LogP contribution >= 0.6 is 11.3 Å². The predicted molar refractivity (Wildman–Crippen MR) is 114 cm³/mol. The molecule has 142 valence electrons. The molecule has 0 aliphatic heterocycles. The third-order valence-corrected chi connectivity index (χ3v) is 5.12. The first-order chi connectivity index (χ1) is 13.3. The predicted octanol–water partition coefficient (Wildman–Crippen LogP) is 6.16. The zero-order valence-corrected chi connectivity index (χ0v) is 17.0. The zero-order chi connectivity index (χ0) is 20.1. The summed E-state index contributed by atoms with van der Waals surface area (Å²) >= 11 is 1.57. The third-order valence-electron chi connectivity index (χ3n) is 4.28. The summed E-state index contributed by atoms with van der Waals surface area (Å²) in [5, 5.41) is 1.96. The second-order valence-corrected chi connectivity index (χ2v) is 8.43. The monoisotopic (exact) mass is 390 g/mol. The van der Waals surface area contributed by atoms with E-state index in [0.29, 0.717) is 16.9 Å². The van der Waals surface area contributed by atoms with Gasteiger partial charge >= 0.3 is 5.97 Å². The number of esters is 1. The summed E-state index contributed by atoms with van der Waals surface area (Å²) in [7, 11) is 0. The van der Waals surface area contributed by atoms with Crippen LogP contribution in [0.5, 0.6) is 5.75 Å². The second-order valence-electron chi connectivity index (χ2n) is 7.45. The Kier molecular flexibility index (Phi) is 5.90. The molecule has 0 N–H and O–H groups in total. The Morgan fingerprint density at radius 3 is 2.11 bits per heavy atom. The molecule has 2 aromatic carbocycles. The summed E-state index contributed by atoms with van der Waals surface area (Å²) in [6, 6.07) is 17.9. The van der Waals surface area contributed by atoms with Gasteiger partial charge in [0.2, 0.25) is 0 Å². The second kappa shape index (κ2) is 8.36. The summed E-state index contributed by atoms with van der Waals surface area (Å²) in [6.45, 7) is 6.37. The van der Waals surface area contributed by atoms with Crippen LogP contribution in [0.4, 0.5) is 0 Å². The van der Waals surface area contributed by atoms with Gasteiger partial charge in [-0.15, -0.1) is 11.3 Å². The van der Waals surface area contributed by atoms with Gasteiger partial charge in [-0.3, -0.25) is 4.79 Å². The minimum Gasteiger partial charge on any atom is -0.423 e. The van der Waals surface area contributed by atoms with E-state index in [9.17, 15) is 9.59 Å². The molecule has 0 aliphatic rings. The molecular weight excluding hydrogens is 368 g/mol. The van der Waals surface area contributed by atoms with Gasteiger partial charge in [0.05, 0.1) is 5.56 Å². The first-order valence-electron chi connectivity index (χ1n) is 9.02. The highest BCUT2D eigenvalue weighted by atomic mass is 32.1. The van der Waals surface area contributed by atoms with Crippen molar-refractivity contribution in [1.29, 1.82) is 0 Å². The lowest BCUT2D eigenvalue weighted by Crippen LogP contribution is -2.13. The fourth-order valence-corrected chi connectivity index (χ4v) is 3.22. The van der Waals surface area contributed by atoms with Crippen LogP contribution in [0, 0.1) is 0 Å². The number of thiophene rings is 1. The lowest BCUT2D eigenvalue weighted by molar-refractivity contribution is 0.0734. The van der Waals surface area contributed by atoms with Crippen LogP contribution in [0.2, 0.25) is 0 Å². The average Bonchev–Trinajstić information content (AvgIpc) is 3.20. The smallest absolute Gasteiger partial charge is 0.343 e. The maximum Gasteiger partial charge on any atom is 0.343 e. The largest absolute Gasteiger partial charge is 0.423 e. The van der Waals surface area contributed by atoms with E-state index in [2.05, 4.69) is 20.8 Å². The number of carbonyl (C=O) groups is 2. The Hall–Kier alpha value is -2.98. The van der Waals surface area contributed by atoms with E-state index in [1.54, 1.807) is 59.9 Å². The van der Waals surface area contributed by atoms with Gasteiger partial charge in [-0.05, 0) is 71.0 Å². The minimum atomic E-state index is -0.419. The molecule has 0 spiro atoms. The normalized spacial score (nSPS) is 11.5. The van der Waals surface area contributed by atoms with E-state index in [1.165, 1.54) is 0 Å². The number of hydrogen-bond donors (Lipinski definition) is 0. The standard InChI is InChI=1S/C24H22O3S/c1-24(2,3)19-10-6-18(7-11-19)23(26)27-20-12-8-17(9-13-20)22(25)15-14-21-5-4-16-28-21/h4-16H,1-3H3. The van der Waals surface area contributed by atoms with Crippen molar-refractivity contribution >= 4 is 29.2 Å². The van der Waals surface area contributed by atoms with Gasteiger partial charge in [-0.1, -0.05) is 39.0 Å². The summed E-state index contributed by atoms with van der Waals surface area (Å²) in [5.74, 6) is -0.107. The molecular formula is C24H22O3S. The van der Waals surface area contributed by atoms with Crippen LogP contribution in [0.25, 0.3) is 6.08 Å². The minimum absolute atomic E-state index is 0.0305. The van der Waals surface area contributed by atoms with E-state index >= 15 is 0 Å². The molecule has 1 heterocycles. The molecule has 4 heteroatoms. The fourth-order valence-electron chi connectivity index (χ4n) is 2.60. The Labute approximate surface area is 169 Å². The number of rotatable bonds is 5. The topological polar surface area (TPSA) is 43.4 Å². The molecule has 3 rings (SSSR count). The molecule has 0 saturated heterocycles. The molecule has 3 aromatic rings. The van der Waals surface area contributed by atoms with Gasteiger partial charge in [0, 0.05) is 10.4 Å². The fraction of sp³-hybridized carbons (Fsp3) is 0.167. The van der Waals surface area contributed by atoms with Crippen molar-refractivity contribution in [3.63, 3.8) is 0 Å². The van der Waals surface area contributed by atoms with E-state index < -0.39 is 5.97 Å². The number of allylic oxidation sites excluding steroid dienone is 1. The van der Waals surface area contributed by atoms with Crippen LogP contribution in [0.1, 0.15) is 51.9 Å². The van der Waals surface area contributed by atoms with E-state index in [4.69, 9.17) is 4.74 Å². The maximum absolute atomic E-state index is 12.3. The Morgan fingerprint density at radius 2 is 1.54 bits per heavy atom. The molecule has 0 saturated carbocycles. The highest BCUT2D eigenvalue weighted by Crippen LogP contribution is 2.23. The Balaban J connectivity index is 1.63. The number of hydrogen-bond acceptors (Lipinski definition) is 4. The average molecular weight is 391 g/mol. The van der Waals surface area contributed by atoms with Crippen LogP contribution in [0.15, 0.2) is 72.1 Å². The van der Waals surface area contributed by atoms with E-state index in [1.807, 2.05) is 29.6 Å². The van der Waals surface area contributed by atoms with E-state index in [-0.39, 0.29) is 11.2 Å². The molecule has 3 nitrogen and oxygen atoms in total. The SMILES string of the molecule is CC(C)(C)c1ccc(C(=O)Oc2ccc(C(=O)C=Cc3cccs3)cc2)cc1. The number of ketones is 1. The van der Waals surface area contributed by atoms with Crippen molar-refractivity contribution in [3.8, 4) is 5.75 Å². The summed E-state index contributed by atoms with van der Waals surface area (Å²) in [6.07, 6.45) is 3.34. The van der Waals surface area contributed by atoms with Gasteiger partial charge in [-0.25, -0.2) is 4.79 Å². The molecule has 0 fully saturated rings. The van der Waals surface area contributed by atoms with Gasteiger partial charge in [0.1, 0.15) is 5.75 Å².